The fraction of sp³-hybridized carbons (Fsp3) is 0.636. The van der Waals surface area contributed by atoms with Crippen molar-refractivity contribution in [1.82, 2.24) is 15.1 Å². The van der Waals surface area contributed by atoms with Gasteiger partial charge in [0.05, 0.1) is 5.69 Å². The minimum Gasteiger partial charge on any atom is -0.348 e. The van der Waals surface area contributed by atoms with Gasteiger partial charge in [0, 0.05) is 19.0 Å². The van der Waals surface area contributed by atoms with E-state index in [-0.39, 0.29) is 17.9 Å². The Morgan fingerprint density at radius 3 is 2.69 bits per heavy atom. The molecule has 2 unspecified atom stereocenters. The van der Waals surface area contributed by atoms with Crippen molar-refractivity contribution >= 4 is 17.5 Å². The van der Waals surface area contributed by atoms with E-state index in [9.17, 15) is 4.79 Å². The van der Waals surface area contributed by atoms with Crippen molar-refractivity contribution in [2.24, 2.45) is 13.0 Å². The maximum atomic E-state index is 11.9. The van der Waals surface area contributed by atoms with E-state index < -0.39 is 0 Å². The highest BCUT2D eigenvalue weighted by atomic mass is 35.5. The zero-order valence-corrected chi connectivity index (χ0v) is 10.9. The number of nitrogens with zero attached hydrogens (tertiary/aromatic N) is 2. The van der Waals surface area contributed by atoms with Crippen LogP contribution in [0.25, 0.3) is 0 Å². The van der Waals surface area contributed by atoms with Gasteiger partial charge in [-0.1, -0.05) is 6.92 Å². The third-order valence-electron chi connectivity index (χ3n) is 2.69. The average Bonchev–Trinajstić information content (AvgIpc) is 2.56. The smallest absolute Gasteiger partial charge is 0.269 e. The first kappa shape index (κ1) is 13.0. The summed E-state index contributed by atoms with van der Waals surface area (Å²) >= 11 is 5.74. The summed E-state index contributed by atoms with van der Waals surface area (Å²) in [5.41, 5.74) is 1.41. The van der Waals surface area contributed by atoms with E-state index in [4.69, 9.17) is 11.6 Å². The first-order valence-electron chi connectivity index (χ1n) is 5.33. The van der Waals surface area contributed by atoms with E-state index in [0.29, 0.717) is 11.6 Å². The zero-order valence-electron chi connectivity index (χ0n) is 10.1. The molecular weight excluding hydrogens is 226 g/mol. The lowest BCUT2D eigenvalue weighted by atomic mass is 10.1. The molecule has 1 N–H and O–H groups in total. The molecule has 1 amide bonds. The summed E-state index contributed by atoms with van der Waals surface area (Å²) in [6.07, 6.45) is 0. The largest absolute Gasteiger partial charge is 0.348 e. The monoisotopic (exact) mass is 243 g/mol. The van der Waals surface area contributed by atoms with Gasteiger partial charge in [0.25, 0.3) is 5.91 Å². The standard InChI is InChI=1S/C11H18ClN3O/c1-7(6-12)9(3)13-11(16)10-5-8(2)14-15(10)4/h5,7,9H,6H2,1-4H3,(H,13,16). The molecule has 2 atom stereocenters. The van der Waals surface area contributed by atoms with Gasteiger partial charge in [-0.2, -0.15) is 5.10 Å². The Labute approximate surface area is 101 Å². The first-order valence-corrected chi connectivity index (χ1v) is 5.86. The van der Waals surface area contributed by atoms with Crippen molar-refractivity contribution in [3.8, 4) is 0 Å². The van der Waals surface area contributed by atoms with Gasteiger partial charge in [-0.05, 0) is 25.8 Å². The van der Waals surface area contributed by atoms with Crippen LogP contribution < -0.4 is 5.32 Å². The lowest BCUT2D eigenvalue weighted by Gasteiger charge is -2.18. The van der Waals surface area contributed by atoms with Gasteiger partial charge in [-0.3, -0.25) is 9.48 Å². The molecule has 0 saturated heterocycles. The van der Waals surface area contributed by atoms with Crippen LogP contribution in [0.1, 0.15) is 30.0 Å². The van der Waals surface area contributed by atoms with Crippen LogP contribution in [0.5, 0.6) is 0 Å². The first-order chi connectivity index (χ1) is 7.45. The Bertz CT molecular complexity index is 375. The summed E-state index contributed by atoms with van der Waals surface area (Å²) in [5.74, 6) is 0.679. The fourth-order valence-electron chi connectivity index (χ4n) is 1.38. The number of carbonyl (C=O) groups excluding carboxylic acids is 1. The number of hydrogen-bond donors (Lipinski definition) is 1. The summed E-state index contributed by atoms with van der Waals surface area (Å²) in [5, 5.41) is 7.05. The molecule has 0 bridgehead atoms. The Kier molecular flexibility index (Phi) is 4.35. The molecule has 1 aromatic rings. The van der Waals surface area contributed by atoms with Crippen LogP contribution in [0.15, 0.2) is 6.07 Å². The number of amides is 1. The van der Waals surface area contributed by atoms with E-state index in [1.807, 2.05) is 20.8 Å². The van der Waals surface area contributed by atoms with Gasteiger partial charge in [-0.15, -0.1) is 11.6 Å². The summed E-state index contributed by atoms with van der Waals surface area (Å²) < 4.78 is 1.59. The van der Waals surface area contributed by atoms with Crippen molar-refractivity contribution < 1.29 is 4.79 Å². The molecule has 0 aliphatic heterocycles. The van der Waals surface area contributed by atoms with Crippen LogP contribution >= 0.6 is 11.6 Å². The third-order valence-corrected chi connectivity index (χ3v) is 3.18. The molecule has 90 valence electrons. The quantitative estimate of drug-likeness (QED) is 0.819. The van der Waals surface area contributed by atoms with Gasteiger partial charge >= 0.3 is 0 Å². The summed E-state index contributed by atoms with van der Waals surface area (Å²) in [4.78, 5) is 11.9. The molecule has 1 aromatic heterocycles. The molecule has 0 spiro atoms. The van der Waals surface area contributed by atoms with Crippen molar-refractivity contribution in [2.45, 2.75) is 26.8 Å². The van der Waals surface area contributed by atoms with E-state index >= 15 is 0 Å². The Morgan fingerprint density at radius 2 is 2.25 bits per heavy atom. The maximum absolute atomic E-state index is 11.9. The number of rotatable bonds is 4. The van der Waals surface area contributed by atoms with Crippen molar-refractivity contribution in [3.63, 3.8) is 0 Å². The van der Waals surface area contributed by atoms with Gasteiger partial charge in [0.15, 0.2) is 0 Å². The summed E-state index contributed by atoms with van der Waals surface area (Å²) in [6, 6.07) is 1.83. The molecule has 5 heteroatoms. The molecule has 1 heterocycles. The highest BCUT2D eigenvalue weighted by Gasteiger charge is 2.17. The molecule has 0 aliphatic rings. The lowest BCUT2D eigenvalue weighted by molar-refractivity contribution is 0.0921. The Morgan fingerprint density at radius 1 is 1.62 bits per heavy atom. The van der Waals surface area contributed by atoms with Gasteiger partial charge in [0.1, 0.15) is 5.69 Å². The normalized spacial score (nSPS) is 14.6. The van der Waals surface area contributed by atoms with Crippen molar-refractivity contribution in [3.05, 3.63) is 17.5 Å². The molecule has 1 rings (SSSR count). The van der Waals surface area contributed by atoms with E-state index in [2.05, 4.69) is 10.4 Å². The third kappa shape index (κ3) is 2.98. The molecule has 0 aliphatic carbocycles. The molecular formula is C11H18ClN3O. The second kappa shape index (κ2) is 5.34. The van der Waals surface area contributed by atoms with E-state index in [1.54, 1.807) is 17.8 Å². The topological polar surface area (TPSA) is 46.9 Å². The fourth-order valence-corrected chi connectivity index (χ4v) is 1.65. The van der Waals surface area contributed by atoms with Crippen LogP contribution in [-0.4, -0.2) is 27.6 Å². The SMILES string of the molecule is Cc1cc(C(=O)NC(C)C(C)CCl)n(C)n1. The second-order valence-corrected chi connectivity index (χ2v) is 4.50. The molecule has 0 fully saturated rings. The van der Waals surface area contributed by atoms with Crippen molar-refractivity contribution in [1.29, 1.82) is 0 Å². The number of alkyl halides is 1. The van der Waals surface area contributed by atoms with E-state index in [1.165, 1.54) is 0 Å². The van der Waals surface area contributed by atoms with Crippen molar-refractivity contribution in [2.75, 3.05) is 5.88 Å². The number of aryl methyl sites for hydroxylation is 2. The number of hydrogen-bond acceptors (Lipinski definition) is 2. The van der Waals surface area contributed by atoms with Crippen LogP contribution in [0.3, 0.4) is 0 Å². The second-order valence-electron chi connectivity index (χ2n) is 4.19. The maximum Gasteiger partial charge on any atom is 0.269 e. The van der Waals surface area contributed by atoms with Gasteiger partial charge < -0.3 is 5.32 Å². The summed E-state index contributed by atoms with van der Waals surface area (Å²) in [6.45, 7) is 5.82. The van der Waals surface area contributed by atoms with Crippen LogP contribution in [0, 0.1) is 12.8 Å². The number of nitrogens with one attached hydrogen (secondary N) is 1. The zero-order chi connectivity index (χ0) is 12.3. The predicted octanol–water partition coefficient (Wildman–Crippen LogP) is 1.72. The minimum absolute atomic E-state index is 0.0557. The highest BCUT2D eigenvalue weighted by molar-refractivity contribution is 6.18. The molecule has 4 nitrogen and oxygen atoms in total. The molecule has 0 radical (unpaired) electrons. The highest BCUT2D eigenvalue weighted by Crippen LogP contribution is 2.07. The van der Waals surface area contributed by atoms with Crippen LogP contribution in [0.2, 0.25) is 0 Å². The molecule has 16 heavy (non-hydrogen) atoms. The van der Waals surface area contributed by atoms with Gasteiger partial charge in [-0.25, -0.2) is 0 Å². The van der Waals surface area contributed by atoms with Crippen LogP contribution in [0.4, 0.5) is 0 Å². The van der Waals surface area contributed by atoms with Crippen LogP contribution in [-0.2, 0) is 7.05 Å². The Balaban J connectivity index is 2.69. The molecule has 0 saturated carbocycles. The van der Waals surface area contributed by atoms with Gasteiger partial charge in [0.2, 0.25) is 0 Å². The van der Waals surface area contributed by atoms with E-state index in [0.717, 1.165) is 5.69 Å². The number of carbonyl (C=O) groups is 1. The number of halogens is 1. The number of aromatic nitrogens is 2. The average molecular weight is 244 g/mol. The lowest BCUT2D eigenvalue weighted by Crippen LogP contribution is -2.38. The minimum atomic E-state index is -0.104. The molecule has 0 aromatic carbocycles. The summed E-state index contributed by atoms with van der Waals surface area (Å²) in [7, 11) is 1.76. The Hall–Kier alpha value is -1.03. The predicted molar refractivity (Wildman–Crippen MR) is 64.8 cm³/mol.